The molecule has 0 aromatic carbocycles. The van der Waals surface area contributed by atoms with Gasteiger partial charge in [-0.3, -0.25) is 0 Å². The second kappa shape index (κ2) is 2.88. The summed E-state index contributed by atoms with van der Waals surface area (Å²) in [5.74, 6) is 0. The van der Waals surface area contributed by atoms with Gasteiger partial charge in [0.15, 0.2) is 0 Å². The fourth-order valence-electron chi connectivity index (χ4n) is 2.38. The Morgan fingerprint density at radius 2 is 1.43 bits per heavy atom. The number of methoxy groups -OCH3 is 1. The van der Waals surface area contributed by atoms with Crippen molar-refractivity contribution in [3.8, 4) is 0 Å². The molecule has 4 rings (SSSR count). The molecule has 0 amide bonds. The van der Waals surface area contributed by atoms with E-state index in [0.29, 0.717) is 0 Å². The molecule has 4 bridgehead atoms. The molecule has 0 radical (unpaired) electrons. The van der Waals surface area contributed by atoms with E-state index in [1.54, 1.807) is 0 Å². The van der Waals surface area contributed by atoms with Gasteiger partial charge in [0.05, 0.1) is 0 Å². The van der Waals surface area contributed by atoms with Crippen LogP contribution in [0.2, 0.25) is 0 Å². The van der Waals surface area contributed by atoms with Crippen molar-refractivity contribution in [2.45, 2.75) is 43.1 Å². The van der Waals surface area contributed by atoms with Crippen LogP contribution in [0.25, 0.3) is 0 Å². The number of rotatable bonds is 1. The van der Waals surface area contributed by atoms with Crippen molar-refractivity contribution in [1.82, 2.24) is 0 Å². The molecular weight excluding hydrogens is 192 g/mol. The van der Waals surface area contributed by atoms with Crippen LogP contribution in [0.1, 0.15) is 0 Å². The summed E-state index contributed by atoms with van der Waals surface area (Å²) < 4.78 is 20.8. The lowest BCUT2D eigenvalue weighted by atomic mass is 9.82. The summed E-state index contributed by atoms with van der Waals surface area (Å²) in [6, 6.07) is 0. The molecule has 3 aliphatic heterocycles. The van der Waals surface area contributed by atoms with Crippen LogP contribution in [0.3, 0.4) is 0 Å². The van der Waals surface area contributed by atoms with Gasteiger partial charge in [-0.25, -0.2) is 0 Å². The van der Waals surface area contributed by atoms with E-state index in [2.05, 4.69) is 0 Å². The number of ether oxygens (including phenoxy) is 4. The Morgan fingerprint density at radius 1 is 0.929 bits per heavy atom. The van der Waals surface area contributed by atoms with Gasteiger partial charge in [-0.05, 0) is 0 Å². The SMILES string of the molecule is COC1[C@H]2OC3OC([C@@H]2O)[C@H](O)[C@H]1O3. The van der Waals surface area contributed by atoms with Crippen LogP contribution in [-0.4, -0.2) is 60.4 Å². The van der Waals surface area contributed by atoms with Crippen LogP contribution in [0, 0.1) is 0 Å². The minimum absolute atomic E-state index is 0.434. The molecule has 0 aromatic rings. The first-order chi connectivity index (χ1) is 6.72. The first kappa shape index (κ1) is 9.02. The van der Waals surface area contributed by atoms with Gasteiger partial charge in [-0.2, -0.15) is 0 Å². The minimum atomic E-state index is -0.855. The Morgan fingerprint density at radius 3 is 1.93 bits per heavy atom. The largest absolute Gasteiger partial charge is 0.387 e. The Hall–Kier alpha value is -0.240. The summed E-state index contributed by atoms with van der Waals surface area (Å²) in [5.41, 5.74) is 0. The van der Waals surface area contributed by atoms with Crippen molar-refractivity contribution in [2.24, 2.45) is 0 Å². The second-order valence-corrected chi connectivity index (χ2v) is 3.77. The lowest BCUT2D eigenvalue weighted by Crippen LogP contribution is -2.75. The average Bonchev–Trinajstić information content (AvgIpc) is 2.20. The van der Waals surface area contributed by atoms with Gasteiger partial charge >= 0.3 is 0 Å². The molecule has 7 atom stereocenters. The van der Waals surface area contributed by atoms with Gasteiger partial charge in [0.1, 0.15) is 36.6 Å². The summed E-state index contributed by atoms with van der Waals surface area (Å²) in [4.78, 5) is 0. The molecule has 3 unspecified atom stereocenters. The van der Waals surface area contributed by atoms with E-state index < -0.39 is 43.1 Å². The van der Waals surface area contributed by atoms with Crippen LogP contribution >= 0.6 is 0 Å². The molecule has 6 heteroatoms. The first-order valence-corrected chi connectivity index (χ1v) is 4.57. The van der Waals surface area contributed by atoms with Gasteiger partial charge in [0.2, 0.25) is 0 Å². The minimum Gasteiger partial charge on any atom is -0.387 e. The third-order valence-electron chi connectivity index (χ3n) is 3.07. The highest BCUT2D eigenvalue weighted by molar-refractivity contribution is 5.05. The zero-order chi connectivity index (χ0) is 9.87. The molecule has 2 N–H and O–H groups in total. The van der Waals surface area contributed by atoms with E-state index in [1.807, 2.05) is 0 Å². The molecule has 0 spiro atoms. The van der Waals surface area contributed by atoms with Crippen molar-refractivity contribution < 1.29 is 29.2 Å². The lowest BCUT2D eigenvalue weighted by molar-refractivity contribution is -0.482. The van der Waals surface area contributed by atoms with Crippen LogP contribution < -0.4 is 0 Å². The van der Waals surface area contributed by atoms with Gasteiger partial charge in [0.25, 0.3) is 6.48 Å². The van der Waals surface area contributed by atoms with E-state index in [4.69, 9.17) is 18.9 Å². The molecule has 3 saturated heterocycles. The third-order valence-corrected chi connectivity index (χ3v) is 3.07. The first-order valence-electron chi connectivity index (χ1n) is 4.57. The van der Waals surface area contributed by atoms with Crippen molar-refractivity contribution in [2.75, 3.05) is 7.11 Å². The number of aliphatic hydroxyl groups excluding tert-OH is 2. The fraction of sp³-hybridized carbons (Fsp3) is 1.00. The standard InChI is InChI=1S/C8H12O6/c1-11-7-5-2(9)4-3(10)6(7)14-8(12-4)13-5/h2-10H,1H3/t2-,3-,4?,5-,6+,7?,8?/m0/s1. The van der Waals surface area contributed by atoms with Crippen LogP contribution in [0.5, 0.6) is 0 Å². The topological polar surface area (TPSA) is 77.4 Å². The molecule has 1 saturated carbocycles. The van der Waals surface area contributed by atoms with Gasteiger partial charge in [-0.15, -0.1) is 0 Å². The fourth-order valence-corrected chi connectivity index (χ4v) is 2.38. The van der Waals surface area contributed by atoms with Gasteiger partial charge in [-0.1, -0.05) is 0 Å². The lowest BCUT2D eigenvalue weighted by Gasteiger charge is -2.56. The van der Waals surface area contributed by atoms with E-state index in [0.717, 1.165) is 0 Å². The van der Waals surface area contributed by atoms with Crippen molar-refractivity contribution in [1.29, 1.82) is 0 Å². The summed E-state index contributed by atoms with van der Waals surface area (Å²) >= 11 is 0. The normalized spacial score (nSPS) is 60.6. The molecule has 3 heterocycles. The molecule has 80 valence electrons. The maximum atomic E-state index is 9.75. The summed E-state index contributed by atoms with van der Waals surface area (Å²) in [7, 11) is 1.50. The predicted molar refractivity (Wildman–Crippen MR) is 41.2 cm³/mol. The molecule has 4 fully saturated rings. The zero-order valence-corrected chi connectivity index (χ0v) is 7.57. The highest BCUT2D eigenvalue weighted by Crippen LogP contribution is 2.40. The van der Waals surface area contributed by atoms with E-state index >= 15 is 0 Å². The molecule has 6 nitrogen and oxygen atoms in total. The van der Waals surface area contributed by atoms with E-state index in [-0.39, 0.29) is 0 Å². The Bertz CT molecular complexity index is 226. The van der Waals surface area contributed by atoms with Crippen molar-refractivity contribution >= 4 is 0 Å². The second-order valence-electron chi connectivity index (χ2n) is 3.77. The van der Waals surface area contributed by atoms with Crippen molar-refractivity contribution in [3.63, 3.8) is 0 Å². The maximum absolute atomic E-state index is 9.75. The summed E-state index contributed by atoms with van der Waals surface area (Å²) in [6.07, 6.45) is -3.70. The summed E-state index contributed by atoms with van der Waals surface area (Å²) in [6.45, 7) is -0.770. The quantitative estimate of drug-likeness (QED) is 0.525. The number of hydrogen-bond donors (Lipinski definition) is 2. The third kappa shape index (κ3) is 0.955. The smallest absolute Gasteiger partial charge is 0.272 e. The molecule has 1 aliphatic carbocycles. The zero-order valence-electron chi connectivity index (χ0n) is 7.57. The van der Waals surface area contributed by atoms with Gasteiger partial charge in [0, 0.05) is 7.11 Å². The highest BCUT2D eigenvalue weighted by Gasteiger charge is 2.61. The highest BCUT2D eigenvalue weighted by atomic mass is 16.9. The average molecular weight is 204 g/mol. The number of aliphatic hydroxyl groups is 2. The molecular formula is C8H12O6. The van der Waals surface area contributed by atoms with Crippen LogP contribution in [0.4, 0.5) is 0 Å². The Labute approximate surface area is 80.3 Å². The van der Waals surface area contributed by atoms with E-state index in [9.17, 15) is 10.2 Å². The number of hydrogen-bond acceptors (Lipinski definition) is 6. The molecule has 0 aromatic heterocycles. The van der Waals surface area contributed by atoms with Crippen LogP contribution in [-0.2, 0) is 18.9 Å². The van der Waals surface area contributed by atoms with Gasteiger partial charge < -0.3 is 29.2 Å². The predicted octanol–water partition coefficient (Wildman–Crippen LogP) is -1.80. The Kier molecular flexibility index (Phi) is 1.85. The van der Waals surface area contributed by atoms with Crippen molar-refractivity contribution in [3.05, 3.63) is 0 Å². The maximum Gasteiger partial charge on any atom is 0.272 e. The van der Waals surface area contributed by atoms with Crippen LogP contribution in [0.15, 0.2) is 0 Å². The monoisotopic (exact) mass is 204 g/mol. The summed E-state index contributed by atoms with van der Waals surface area (Å²) in [5, 5.41) is 19.5. The molecule has 4 aliphatic rings. The molecule has 14 heavy (non-hydrogen) atoms. The Balaban J connectivity index is 1.94. The van der Waals surface area contributed by atoms with E-state index in [1.165, 1.54) is 7.11 Å².